The highest BCUT2D eigenvalue weighted by Crippen LogP contribution is 2.35. The number of carbonyl (C=O) groups excluding carboxylic acids is 1. The SMILES string of the molecule is COC(C)C(=O)Nc1ccc(Br)c(Cl)c1Cl. The van der Waals surface area contributed by atoms with E-state index in [1.54, 1.807) is 19.1 Å². The molecule has 1 atom stereocenters. The third-order valence-corrected chi connectivity index (χ3v) is 3.79. The van der Waals surface area contributed by atoms with Crippen LogP contribution in [0.4, 0.5) is 5.69 Å². The molecule has 0 saturated heterocycles. The molecule has 1 N–H and O–H groups in total. The number of carbonyl (C=O) groups is 1. The van der Waals surface area contributed by atoms with Gasteiger partial charge in [0.25, 0.3) is 5.91 Å². The fourth-order valence-corrected chi connectivity index (χ4v) is 1.79. The molecule has 6 heteroatoms. The monoisotopic (exact) mass is 325 g/mol. The topological polar surface area (TPSA) is 38.3 Å². The molecule has 0 aromatic heterocycles. The number of rotatable bonds is 3. The molecule has 0 spiro atoms. The van der Waals surface area contributed by atoms with Crippen molar-refractivity contribution in [3.63, 3.8) is 0 Å². The van der Waals surface area contributed by atoms with Gasteiger partial charge in [0.05, 0.1) is 15.7 Å². The minimum absolute atomic E-state index is 0.275. The van der Waals surface area contributed by atoms with Gasteiger partial charge in [-0.1, -0.05) is 23.2 Å². The largest absolute Gasteiger partial charge is 0.372 e. The van der Waals surface area contributed by atoms with Crippen molar-refractivity contribution >= 4 is 50.7 Å². The van der Waals surface area contributed by atoms with E-state index in [0.29, 0.717) is 20.2 Å². The van der Waals surface area contributed by atoms with Crippen molar-refractivity contribution in [2.24, 2.45) is 0 Å². The predicted molar refractivity (Wildman–Crippen MR) is 69.3 cm³/mol. The van der Waals surface area contributed by atoms with Crippen molar-refractivity contribution in [3.8, 4) is 0 Å². The Hall–Kier alpha value is -0.290. The fourth-order valence-electron chi connectivity index (χ4n) is 0.964. The standard InChI is InChI=1S/C10H10BrCl2NO2/c1-5(16-2)10(15)14-7-4-3-6(11)8(12)9(7)13/h3-5H,1-2H3,(H,14,15). The number of amides is 1. The van der Waals surface area contributed by atoms with Crippen LogP contribution in [-0.2, 0) is 9.53 Å². The van der Waals surface area contributed by atoms with Crippen LogP contribution in [0.1, 0.15) is 6.92 Å². The maximum Gasteiger partial charge on any atom is 0.253 e. The lowest BCUT2D eigenvalue weighted by Crippen LogP contribution is -2.26. The summed E-state index contributed by atoms with van der Waals surface area (Å²) < 4.78 is 5.56. The number of benzene rings is 1. The van der Waals surface area contributed by atoms with Crippen LogP contribution in [0, 0.1) is 0 Å². The van der Waals surface area contributed by atoms with Crippen LogP contribution in [-0.4, -0.2) is 19.1 Å². The Kier molecular flexibility index (Phi) is 5.05. The zero-order valence-electron chi connectivity index (χ0n) is 8.68. The maximum atomic E-state index is 11.5. The van der Waals surface area contributed by atoms with E-state index in [1.165, 1.54) is 7.11 Å². The molecule has 1 amide bonds. The van der Waals surface area contributed by atoms with E-state index in [9.17, 15) is 4.79 Å². The van der Waals surface area contributed by atoms with Crippen molar-refractivity contribution in [1.82, 2.24) is 0 Å². The van der Waals surface area contributed by atoms with E-state index in [2.05, 4.69) is 21.2 Å². The second kappa shape index (κ2) is 5.87. The average molecular weight is 327 g/mol. The molecule has 0 heterocycles. The van der Waals surface area contributed by atoms with Crippen molar-refractivity contribution in [3.05, 3.63) is 26.7 Å². The van der Waals surface area contributed by atoms with Gasteiger partial charge in [0, 0.05) is 11.6 Å². The number of anilines is 1. The summed E-state index contributed by atoms with van der Waals surface area (Å²) in [6.45, 7) is 1.64. The van der Waals surface area contributed by atoms with Crippen LogP contribution in [0.15, 0.2) is 16.6 Å². The molecule has 0 saturated carbocycles. The zero-order valence-corrected chi connectivity index (χ0v) is 11.8. The van der Waals surface area contributed by atoms with Gasteiger partial charge in [-0.05, 0) is 35.0 Å². The zero-order chi connectivity index (χ0) is 12.3. The molecule has 88 valence electrons. The first kappa shape index (κ1) is 13.8. The van der Waals surface area contributed by atoms with Crippen molar-refractivity contribution < 1.29 is 9.53 Å². The number of ether oxygens (including phenoxy) is 1. The smallest absolute Gasteiger partial charge is 0.253 e. The molecular formula is C10H10BrCl2NO2. The Morgan fingerprint density at radius 3 is 2.62 bits per heavy atom. The van der Waals surface area contributed by atoms with Crippen LogP contribution >= 0.6 is 39.1 Å². The summed E-state index contributed by atoms with van der Waals surface area (Å²) in [5.41, 5.74) is 0.462. The molecule has 3 nitrogen and oxygen atoms in total. The molecule has 0 aliphatic heterocycles. The summed E-state index contributed by atoms with van der Waals surface area (Å²) in [6.07, 6.45) is -0.543. The van der Waals surface area contributed by atoms with Crippen LogP contribution in [0.25, 0.3) is 0 Å². The first-order valence-electron chi connectivity index (χ1n) is 4.44. The first-order chi connectivity index (χ1) is 7.47. The minimum atomic E-state index is -0.543. The molecule has 1 aromatic rings. The highest BCUT2D eigenvalue weighted by molar-refractivity contribution is 9.10. The van der Waals surface area contributed by atoms with E-state index >= 15 is 0 Å². The van der Waals surface area contributed by atoms with Gasteiger partial charge in [0.2, 0.25) is 0 Å². The number of halogens is 3. The lowest BCUT2D eigenvalue weighted by atomic mass is 10.3. The summed E-state index contributed by atoms with van der Waals surface area (Å²) in [6, 6.07) is 3.37. The van der Waals surface area contributed by atoms with Gasteiger partial charge in [-0.15, -0.1) is 0 Å². The van der Waals surface area contributed by atoms with Crippen molar-refractivity contribution in [2.75, 3.05) is 12.4 Å². The molecule has 1 unspecified atom stereocenters. The highest BCUT2D eigenvalue weighted by atomic mass is 79.9. The molecule has 0 aliphatic rings. The molecule has 0 radical (unpaired) electrons. The molecule has 16 heavy (non-hydrogen) atoms. The minimum Gasteiger partial charge on any atom is -0.372 e. The van der Waals surface area contributed by atoms with Crippen LogP contribution < -0.4 is 5.32 Å². The summed E-state index contributed by atoms with van der Waals surface area (Å²) in [4.78, 5) is 11.5. The average Bonchev–Trinajstić information content (AvgIpc) is 2.28. The molecule has 1 aromatic carbocycles. The van der Waals surface area contributed by atoms with E-state index in [0.717, 1.165) is 0 Å². The van der Waals surface area contributed by atoms with E-state index in [-0.39, 0.29) is 5.91 Å². The van der Waals surface area contributed by atoms with Gasteiger partial charge < -0.3 is 10.1 Å². The summed E-state index contributed by atoms with van der Waals surface area (Å²) >= 11 is 15.1. The van der Waals surface area contributed by atoms with Crippen molar-refractivity contribution in [1.29, 1.82) is 0 Å². The summed E-state index contributed by atoms with van der Waals surface area (Å²) in [7, 11) is 1.46. The van der Waals surface area contributed by atoms with Gasteiger partial charge >= 0.3 is 0 Å². The summed E-state index contributed by atoms with van der Waals surface area (Å²) in [5, 5.41) is 3.29. The van der Waals surface area contributed by atoms with Gasteiger partial charge in [-0.2, -0.15) is 0 Å². The Bertz CT molecular complexity index is 412. The highest BCUT2D eigenvalue weighted by Gasteiger charge is 2.15. The number of hydrogen-bond donors (Lipinski definition) is 1. The Morgan fingerprint density at radius 2 is 2.06 bits per heavy atom. The van der Waals surface area contributed by atoms with Crippen molar-refractivity contribution in [2.45, 2.75) is 13.0 Å². The molecule has 1 rings (SSSR count). The molecular weight excluding hydrogens is 317 g/mol. The lowest BCUT2D eigenvalue weighted by Gasteiger charge is -2.12. The Balaban J connectivity index is 2.91. The second-order valence-electron chi connectivity index (χ2n) is 3.09. The third kappa shape index (κ3) is 3.10. The Labute approximate surface area is 112 Å². The van der Waals surface area contributed by atoms with E-state index < -0.39 is 6.10 Å². The third-order valence-electron chi connectivity index (χ3n) is 2.02. The van der Waals surface area contributed by atoms with E-state index in [1.807, 2.05) is 0 Å². The second-order valence-corrected chi connectivity index (χ2v) is 4.70. The van der Waals surface area contributed by atoms with Gasteiger partial charge in [-0.25, -0.2) is 0 Å². The molecule has 0 fully saturated rings. The van der Waals surface area contributed by atoms with E-state index in [4.69, 9.17) is 27.9 Å². The quantitative estimate of drug-likeness (QED) is 0.859. The summed E-state index contributed by atoms with van der Waals surface area (Å²) in [5.74, 6) is -0.275. The normalized spacial score (nSPS) is 12.3. The first-order valence-corrected chi connectivity index (χ1v) is 5.99. The van der Waals surface area contributed by atoms with Gasteiger partial charge in [0.1, 0.15) is 6.10 Å². The van der Waals surface area contributed by atoms with Crippen LogP contribution in [0.2, 0.25) is 10.0 Å². The number of nitrogens with one attached hydrogen (secondary N) is 1. The van der Waals surface area contributed by atoms with Crippen LogP contribution in [0.5, 0.6) is 0 Å². The lowest BCUT2D eigenvalue weighted by molar-refractivity contribution is -0.124. The van der Waals surface area contributed by atoms with Gasteiger partial charge in [-0.3, -0.25) is 4.79 Å². The Morgan fingerprint density at radius 1 is 1.44 bits per heavy atom. The molecule has 0 bridgehead atoms. The fraction of sp³-hybridized carbons (Fsp3) is 0.300. The number of methoxy groups -OCH3 is 1. The molecule has 0 aliphatic carbocycles. The van der Waals surface area contributed by atoms with Gasteiger partial charge in [0.15, 0.2) is 0 Å². The maximum absolute atomic E-state index is 11.5. The van der Waals surface area contributed by atoms with Crippen LogP contribution in [0.3, 0.4) is 0 Å². The number of hydrogen-bond acceptors (Lipinski definition) is 2. The predicted octanol–water partition coefficient (Wildman–Crippen LogP) is 3.73.